The highest BCUT2D eigenvalue weighted by molar-refractivity contribution is 6.25. The van der Waals surface area contributed by atoms with Crippen LogP contribution in [0, 0.1) is 18.6 Å². The largest absolute Gasteiger partial charge is 0.307 e. The van der Waals surface area contributed by atoms with E-state index in [2.05, 4.69) is 22.0 Å². The minimum atomic E-state index is -0.273. The molecule has 6 rings (SSSR count). The maximum absolute atomic E-state index is 14.5. The van der Waals surface area contributed by atoms with Crippen LogP contribution < -0.4 is 4.57 Å². The molecule has 0 atom stereocenters. The number of fused-ring (bicyclic) bond motifs is 5. The van der Waals surface area contributed by atoms with Crippen molar-refractivity contribution in [3.05, 3.63) is 71.9 Å². The molecule has 0 fully saturated rings. The molecule has 0 bridgehead atoms. The van der Waals surface area contributed by atoms with Crippen molar-refractivity contribution in [2.75, 3.05) is 0 Å². The summed E-state index contributed by atoms with van der Waals surface area (Å²) in [6.07, 6.45) is 1.97. The zero-order valence-electron chi connectivity index (χ0n) is 14.8. The minimum absolute atomic E-state index is 0.268. The van der Waals surface area contributed by atoms with Crippen molar-refractivity contribution in [1.82, 2.24) is 4.40 Å². The van der Waals surface area contributed by atoms with Crippen LogP contribution >= 0.6 is 0 Å². The van der Waals surface area contributed by atoms with E-state index in [1.807, 2.05) is 25.4 Å². The molecular formula is C23H15F2N2+. The number of halogens is 2. The van der Waals surface area contributed by atoms with Gasteiger partial charge in [-0.05, 0) is 48.2 Å². The molecule has 0 N–H and O–H groups in total. The Labute approximate surface area is 153 Å². The van der Waals surface area contributed by atoms with E-state index < -0.39 is 0 Å². The van der Waals surface area contributed by atoms with Crippen molar-refractivity contribution in [2.45, 2.75) is 6.92 Å². The number of hydrogen-bond acceptors (Lipinski definition) is 0. The zero-order valence-corrected chi connectivity index (χ0v) is 14.8. The Morgan fingerprint density at radius 1 is 0.815 bits per heavy atom. The van der Waals surface area contributed by atoms with Gasteiger partial charge in [-0.3, -0.25) is 0 Å². The van der Waals surface area contributed by atoms with Gasteiger partial charge in [0.15, 0.2) is 6.20 Å². The second-order valence-electron chi connectivity index (χ2n) is 7.31. The first-order valence-electron chi connectivity index (χ1n) is 8.90. The van der Waals surface area contributed by atoms with Gasteiger partial charge in [-0.1, -0.05) is 12.1 Å². The van der Waals surface area contributed by atoms with Gasteiger partial charge in [-0.15, -0.1) is 0 Å². The van der Waals surface area contributed by atoms with Crippen LogP contribution in [-0.4, -0.2) is 4.40 Å². The second kappa shape index (κ2) is 4.71. The molecule has 0 radical (unpaired) electrons. The van der Waals surface area contributed by atoms with Crippen LogP contribution in [0.3, 0.4) is 0 Å². The van der Waals surface area contributed by atoms with Gasteiger partial charge in [0, 0.05) is 16.8 Å². The van der Waals surface area contributed by atoms with Crippen LogP contribution in [0.2, 0.25) is 0 Å². The quantitative estimate of drug-likeness (QED) is 0.195. The van der Waals surface area contributed by atoms with Crippen LogP contribution in [0.1, 0.15) is 5.56 Å². The van der Waals surface area contributed by atoms with E-state index >= 15 is 0 Å². The van der Waals surface area contributed by atoms with Crippen LogP contribution in [0.5, 0.6) is 0 Å². The maximum atomic E-state index is 14.5. The number of nitrogens with zero attached hydrogens (tertiary/aromatic N) is 2. The average molecular weight is 357 g/mol. The Kier molecular flexibility index (Phi) is 2.59. The first-order chi connectivity index (χ1) is 13.0. The van der Waals surface area contributed by atoms with E-state index in [0.29, 0.717) is 0 Å². The number of pyridine rings is 2. The van der Waals surface area contributed by atoms with Crippen LogP contribution in [0.25, 0.3) is 49.0 Å². The summed E-state index contributed by atoms with van der Waals surface area (Å²) in [5, 5.41) is 4.84. The highest BCUT2D eigenvalue weighted by atomic mass is 19.1. The number of hydrogen-bond donors (Lipinski definition) is 0. The molecule has 130 valence electrons. The lowest BCUT2D eigenvalue weighted by atomic mass is 10.00. The molecule has 2 nitrogen and oxygen atoms in total. The second-order valence-corrected chi connectivity index (χ2v) is 7.31. The van der Waals surface area contributed by atoms with Gasteiger partial charge in [-0.25, -0.2) is 13.3 Å². The molecule has 0 aliphatic heterocycles. The third-order valence-electron chi connectivity index (χ3n) is 5.76. The lowest BCUT2D eigenvalue weighted by Gasteiger charge is -2.12. The van der Waals surface area contributed by atoms with E-state index in [-0.39, 0.29) is 11.6 Å². The first-order valence-corrected chi connectivity index (χ1v) is 8.90. The Morgan fingerprint density at radius 2 is 1.67 bits per heavy atom. The predicted octanol–water partition coefficient (Wildman–Crippen LogP) is 5.40. The molecular weight excluding hydrogens is 342 g/mol. The van der Waals surface area contributed by atoms with Gasteiger partial charge < -0.3 is 4.40 Å². The summed E-state index contributed by atoms with van der Waals surface area (Å²) in [7, 11) is 2.01. The smallest absolute Gasteiger partial charge is 0.224 e. The summed E-state index contributed by atoms with van der Waals surface area (Å²) in [5.74, 6) is -0.541. The highest BCUT2D eigenvalue weighted by Crippen LogP contribution is 2.40. The van der Waals surface area contributed by atoms with Gasteiger partial charge in [0.2, 0.25) is 5.52 Å². The lowest BCUT2D eigenvalue weighted by molar-refractivity contribution is -0.643. The molecule has 0 unspecified atom stereocenters. The Bertz CT molecular complexity index is 1560. The van der Waals surface area contributed by atoms with Crippen molar-refractivity contribution < 1.29 is 13.3 Å². The third kappa shape index (κ3) is 1.70. The van der Waals surface area contributed by atoms with E-state index in [0.717, 1.165) is 54.6 Å². The van der Waals surface area contributed by atoms with Crippen molar-refractivity contribution in [3.8, 4) is 0 Å². The monoisotopic (exact) mass is 357 g/mol. The van der Waals surface area contributed by atoms with Gasteiger partial charge in [-0.2, -0.15) is 0 Å². The molecule has 3 aromatic heterocycles. The third-order valence-corrected chi connectivity index (χ3v) is 5.76. The van der Waals surface area contributed by atoms with Crippen molar-refractivity contribution in [3.63, 3.8) is 0 Å². The number of aromatic nitrogens is 2. The summed E-state index contributed by atoms with van der Waals surface area (Å²) < 4.78 is 32.7. The van der Waals surface area contributed by atoms with Gasteiger partial charge in [0.05, 0.1) is 27.3 Å². The molecule has 3 aromatic carbocycles. The van der Waals surface area contributed by atoms with Crippen LogP contribution in [0.15, 0.2) is 54.7 Å². The SMILES string of the molecule is Cc1ccc2c3cc(F)ccc3n3c4cc(F)cc5cc[n+](C)c(c1c23)c54. The molecule has 0 aliphatic rings. The van der Waals surface area contributed by atoms with Gasteiger partial charge in [0.25, 0.3) is 0 Å². The Balaban J connectivity index is 2.14. The molecule has 27 heavy (non-hydrogen) atoms. The summed E-state index contributed by atoms with van der Waals surface area (Å²) in [6.45, 7) is 2.09. The standard InChI is InChI=1S/C23H15F2N2/c1-12-3-5-16-17-10-14(24)4-6-18(17)27-19-11-15(25)9-13-7-8-26(2)23(21(13)19)20(12)22(16)27/h3-11H,1-2H3/q+1. The van der Waals surface area contributed by atoms with Gasteiger partial charge in [0.1, 0.15) is 18.7 Å². The molecule has 3 heterocycles. The summed E-state index contributed by atoms with van der Waals surface area (Å²) in [4.78, 5) is 0. The number of rotatable bonds is 0. The fraction of sp³-hybridized carbons (Fsp3) is 0.0870. The van der Waals surface area contributed by atoms with E-state index in [1.54, 1.807) is 24.3 Å². The van der Waals surface area contributed by atoms with Crippen molar-refractivity contribution in [1.29, 1.82) is 0 Å². The van der Waals surface area contributed by atoms with Crippen molar-refractivity contribution >= 4 is 49.0 Å². The van der Waals surface area contributed by atoms with E-state index in [9.17, 15) is 8.78 Å². The summed E-state index contributed by atoms with van der Waals surface area (Å²) >= 11 is 0. The van der Waals surface area contributed by atoms with Crippen LogP contribution in [0.4, 0.5) is 8.78 Å². The number of aryl methyl sites for hydroxylation is 2. The number of benzene rings is 3. The Hall–Kier alpha value is -3.27. The fourth-order valence-corrected chi connectivity index (χ4v) is 4.65. The van der Waals surface area contributed by atoms with Gasteiger partial charge >= 0.3 is 0 Å². The van der Waals surface area contributed by atoms with Crippen LogP contribution in [-0.2, 0) is 7.05 Å². The normalized spacial score (nSPS) is 12.4. The first kappa shape index (κ1) is 14.9. The Morgan fingerprint density at radius 3 is 2.52 bits per heavy atom. The van der Waals surface area contributed by atoms with E-state index in [4.69, 9.17) is 0 Å². The highest BCUT2D eigenvalue weighted by Gasteiger charge is 2.24. The molecule has 6 aromatic rings. The lowest BCUT2D eigenvalue weighted by Crippen LogP contribution is -2.28. The fourth-order valence-electron chi connectivity index (χ4n) is 4.65. The zero-order chi connectivity index (χ0) is 18.4. The predicted molar refractivity (Wildman–Crippen MR) is 104 cm³/mol. The minimum Gasteiger partial charge on any atom is -0.307 e. The maximum Gasteiger partial charge on any atom is 0.224 e. The molecule has 4 heteroatoms. The molecule has 0 saturated carbocycles. The molecule has 0 amide bonds. The molecule has 0 spiro atoms. The molecule has 0 saturated heterocycles. The molecule has 0 aliphatic carbocycles. The summed E-state index contributed by atoms with van der Waals surface area (Å²) in [5.41, 5.74) is 4.92. The topological polar surface area (TPSA) is 8.29 Å². The average Bonchev–Trinajstić information content (AvgIpc) is 2.96. The van der Waals surface area contributed by atoms with E-state index in [1.165, 1.54) is 6.07 Å². The van der Waals surface area contributed by atoms with Crippen molar-refractivity contribution in [2.24, 2.45) is 7.05 Å². The summed E-state index contributed by atoms with van der Waals surface area (Å²) in [6, 6.07) is 14.0.